The van der Waals surface area contributed by atoms with Gasteiger partial charge in [-0.25, -0.2) is 0 Å². The Labute approximate surface area is 161 Å². The topological polar surface area (TPSA) is 0 Å². The molecule has 0 aromatic heterocycles. The molecule has 5 fully saturated rings. The third kappa shape index (κ3) is 24.0. The second-order valence-electron chi connectivity index (χ2n) is 8.42. The van der Waals surface area contributed by atoms with Gasteiger partial charge in [-0.05, 0) is 0 Å². The van der Waals surface area contributed by atoms with E-state index in [-0.39, 0.29) is 0 Å². The first kappa shape index (κ1) is 25.0. The van der Waals surface area contributed by atoms with Crippen LogP contribution in [0, 0.1) is 0 Å². The van der Waals surface area contributed by atoms with E-state index in [1.54, 1.807) is 0 Å². The third-order valence-corrected chi connectivity index (χ3v) is 5.71. The van der Waals surface area contributed by atoms with E-state index in [0.29, 0.717) is 0 Å². The first-order valence-corrected chi connectivity index (χ1v) is 12.4. The maximum absolute atomic E-state index is 2.21. The Morgan fingerprint density at radius 2 is 0.400 bits per heavy atom. The fraction of sp³-hybridized carbons (Fsp3) is 1.00. The Bertz CT molecular complexity index is 120. The summed E-state index contributed by atoms with van der Waals surface area (Å²) in [5.41, 5.74) is 0. The van der Waals surface area contributed by atoms with Crippen molar-refractivity contribution in [2.75, 3.05) is 0 Å². The Morgan fingerprint density at radius 1 is 0.280 bits per heavy atom. The summed E-state index contributed by atoms with van der Waals surface area (Å²) in [4.78, 5) is 0. The minimum absolute atomic E-state index is 1.34. The highest BCUT2D eigenvalue weighted by molar-refractivity contribution is 4.52. The van der Waals surface area contributed by atoms with Gasteiger partial charge >= 0.3 is 0 Å². The first-order valence-electron chi connectivity index (χ1n) is 12.4. The van der Waals surface area contributed by atoms with Gasteiger partial charge in [0.2, 0.25) is 0 Å². The second kappa shape index (κ2) is 24.0. The average Bonchev–Trinajstić information content (AvgIpc) is 2.16. The predicted molar refractivity (Wildman–Crippen MR) is 118 cm³/mol. The van der Waals surface area contributed by atoms with Crippen LogP contribution in [-0.2, 0) is 0 Å². The highest BCUT2D eigenvalue weighted by Gasteiger charge is 1.96. The summed E-state index contributed by atoms with van der Waals surface area (Å²) < 4.78 is 0. The van der Waals surface area contributed by atoms with Gasteiger partial charge in [-0.1, -0.05) is 162 Å². The zero-order valence-electron chi connectivity index (χ0n) is 18.3. The zero-order valence-corrected chi connectivity index (χ0v) is 18.3. The Kier molecular flexibility index (Phi) is 24.0. The van der Waals surface area contributed by atoms with Gasteiger partial charge in [-0.2, -0.15) is 0 Å². The van der Waals surface area contributed by atoms with Gasteiger partial charge in [-0.15, -0.1) is 0 Å². The van der Waals surface area contributed by atoms with Crippen molar-refractivity contribution in [2.24, 2.45) is 0 Å². The molecule has 25 heavy (non-hydrogen) atoms. The van der Waals surface area contributed by atoms with E-state index >= 15 is 0 Å². The van der Waals surface area contributed by atoms with Crippen LogP contribution in [0.5, 0.6) is 0 Å². The maximum Gasteiger partial charge on any atom is -0.0533 e. The lowest BCUT2D eigenvalue weighted by Crippen LogP contribution is -1.85. The lowest BCUT2D eigenvalue weighted by Gasteiger charge is -2.05. The average molecular weight is 353 g/mol. The van der Waals surface area contributed by atoms with Crippen molar-refractivity contribution >= 4 is 0 Å². The van der Waals surface area contributed by atoms with E-state index < -0.39 is 0 Å². The Hall–Kier alpha value is 0. The van der Waals surface area contributed by atoms with Crippen LogP contribution in [0.15, 0.2) is 0 Å². The molecule has 0 heteroatoms. The molecular weight excluding hydrogens is 300 g/mol. The summed E-state index contributed by atoms with van der Waals surface area (Å²) in [6.07, 6.45) is 34.1. The van der Waals surface area contributed by atoms with Gasteiger partial charge < -0.3 is 0 Å². The third-order valence-electron chi connectivity index (χ3n) is 5.71. The van der Waals surface area contributed by atoms with E-state index in [1.165, 1.54) is 148 Å². The molecule has 0 aromatic rings. The van der Waals surface area contributed by atoms with Crippen molar-refractivity contribution in [1.29, 1.82) is 0 Å². The van der Waals surface area contributed by atoms with Crippen LogP contribution in [0.25, 0.3) is 0 Å². The lowest BCUT2D eigenvalue weighted by atomic mass is 10.0. The van der Waals surface area contributed by atoms with E-state index in [1.807, 2.05) is 0 Å². The summed E-state index contributed by atoms with van der Waals surface area (Å²) in [5, 5.41) is 0. The number of hydrogen-bond acceptors (Lipinski definition) is 0. The molecule has 0 saturated heterocycles. The van der Waals surface area contributed by atoms with Crippen molar-refractivity contribution in [3.63, 3.8) is 0 Å². The monoisotopic (exact) mass is 352 g/mol. The summed E-state index contributed by atoms with van der Waals surface area (Å²) in [6, 6.07) is 0. The van der Waals surface area contributed by atoms with Crippen LogP contribution in [0.1, 0.15) is 162 Å². The van der Waals surface area contributed by atoms with E-state index in [2.05, 4.69) is 13.8 Å². The van der Waals surface area contributed by atoms with Gasteiger partial charge in [0.25, 0.3) is 0 Å². The highest BCUT2D eigenvalue weighted by atomic mass is 14.0. The zero-order chi connectivity index (χ0) is 18.3. The molecule has 0 heterocycles. The van der Waals surface area contributed by atoms with Gasteiger partial charge in [0.15, 0.2) is 0 Å². The molecule has 5 aliphatic rings. The van der Waals surface area contributed by atoms with Gasteiger partial charge in [0, 0.05) is 0 Å². The molecule has 0 bridgehead atoms. The quantitative estimate of drug-likeness (QED) is 0.463. The molecule has 5 rings (SSSR count). The van der Waals surface area contributed by atoms with Crippen molar-refractivity contribution < 1.29 is 0 Å². The van der Waals surface area contributed by atoms with E-state index in [4.69, 9.17) is 0 Å². The molecule has 0 N–H and O–H groups in total. The fourth-order valence-corrected chi connectivity index (χ4v) is 1.60. The molecule has 0 spiro atoms. The molecule has 0 nitrogen and oxygen atoms in total. The first-order chi connectivity index (χ1) is 12.4. The largest absolute Gasteiger partial charge is 0.0654 e. The molecule has 152 valence electrons. The molecule has 5 aliphatic carbocycles. The molecule has 0 amide bonds. The van der Waals surface area contributed by atoms with Crippen LogP contribution in [-0.4, -0.2) is 0 Å². The van der Waals surface area contributed by atoms with Crippen LogP contribution >= 0.6 is 0 Å². The van der Waals surface area contributed by atoms with E-state index in [0.717, 1.165) is 0 Å². The van der Waals surface area contributed by atoms with Gasteiger partial charge in [0.05, 0.1) is 0 Å². The smallest absolute Gasteiger partial charge is 0.0533 e. The number of hydrogen-bond donors (Lipinski definition) is 0. The normalized spacial score (nSPS) is 20.9. The lowest BCUT2D eigenvalue weighted by molar-refractivity contribution is 0.504. The van der Waals surface area contributed by atoms with Crippen LogP contribution in [0.3, 0.4) is 0 Å². The summed E-state index contributed by atoms with van der Waals surface area (Å²) in [7, 11) is 0. The van der Waals surface area contributed by atoms with E-state index in [9.17, 15) is 0 Å². The summed E-state index contributed by atoms with van der Waals surface area (Å²) in [6.45, 7) is 4.42. The Morgan fingerprint density at radius 3 is 0.400 bits per heavy atom. The molecule has 0 atom stereocenters. The summed E-state index contributed by atoms with van der Waals surface area (Å²) in [5.74, 6) is 0. The van der Waals surface area contributed by atoms with Crippen molar-refractivity contribution in [3.8, 4) is 0 Å². The SMILES string of the molecule is C1CCC1.C1CCC1.C1CCC1.C1CCC1.C1CCC1.CCCCC. The number of unbranched alkanes of at least 4 members (excludes halogenated alkanes) is 2. The van der Waals surface area contributed by atoms with Crippen molar-refractivity contribution in [2.45, 2.75) is 162 Å². The Balaban J connectivity index is 0.000000277. The highest BCUT2D eigenvalue weighted by Crippen LogP contribution is 2.16. The molecule has 0 radical (unpaired) electrons. The standard InChI is InChI=1S/C5H12.5C4H8/c1-3-5-4-2;5*1-2-4-3-1/h3-5H2,1-2H3;5*1-4H2. The maximum atomic E-state index is 2.21. The fourth-order valence-electron chi connectivity index (χ4n) is 1.60. The minimum atomic E-state index is 1.34. The van der Waals surface area contributed by atoms with Gasteiger partial charge in [-0.3, -0.25) is 0 Å². The van der Waals surface area contributed by atoms with Crippen LogP contribution in [0.2, 0.25) is 0 Å². The van der Waals surface area contributed by atoms with Crippen molar-refractivity contribution in [1.82, 2.24) is 0 Å². The minimum Gasteiger partial charge on any atom is -0.0654 e. The molecule has 0 unspecified atom stereocenters. The summed E-state index contributed by atoms with van der Waals surface area (Å²) >= 11 is 0. The molecule has 5 saturated carbocycles. The van der Waals surface area contributed by atoms with Crippen LogP contribution < -0.4 is 0 Å². The van der Waals surface area contributed by atoms with Crippen LogP contribution in [0.4, 0.5) is 0 Å². The molecule has 0 aliphatic heterocycles. The van der Waals surface area contributed by atoms with Gasteiger partial charge in [0.1, 0.15) is 0 Å². The predicted octanol–water partition coefficient (Wildman–Crippen LogP) is 10.00. The molecular formula is C25H52. The second-order valence-corrected chi connectivity index (χ2v) is 8.42. The molecule has 0 aromatic carbocycles. The number of rotatable bonds is 2. The van der Waals surface area contributed by atoms with Crippen molar-refractivity contribution in [3.05, 3.63) is 0 Å².